The molecule has 5 nitrogen and oxygen atoms in total. The van der Waals surface area contributed by atoms with E-state index in [2.05, 4.69) is 15.4 Å². The summed E-state index contributed by atoms with van der Waals surface area (Å²) in [5.41, 5.74) is 3.01. The Kier molecular flexibility index (Phi) is 2.96. The number of carbonyl (C=O) groups excluding carboxylic acids is 1. The van der Waals surface area contributed by atoms with Gasteiger partial charge < -0.3 is 14.8 Å². The number of fused-ring (bicyclic) bond motifs is 1. The van der Waals surface area contributed by atoms with Crippen LogP contribution >= 0.6 is 0 Å². The molecule has 1 amide bonds. The number of hydrogen-bond acceptors (Lipinski definition) is 4. The molecule has 0 spiro atoms. The van der Waals surface area contributed by atoms with E-state index in [1.54, 1.807) is 7.11 Å². The van der Waals surface area contributed by atoms with Crippen LogP contribution in [-0.4, -0.2) is 20.3 Å². The smallest absolute Gasteiger partial charge is 0.411 e. The lowest BCUT2D eigenvalue weighted by Crippen LogP contribution is -2.12. The number of anilines is 1. The SMILES string of the molecule is COC(=O)Nc1cc2c(cc1OC)CNC2. The number of nitrogens with one attached hydrogen (secondary N) is 2. The zero-order valence-corrected chi connectivity index (χ0v) is 9.29. The van der Waals surface area contributed by atoms with Crippen LogP contribution in [0.5, 0.6) is 5.75 Å². The van der Waals surface area contributed by atoms with Crippen molar-refractivity contribution < 1.29 is 14.3 Å². The fraction of sp³-hybridized carbons (Fsp3) is 0.364. The summed E-state index contributed by atoms with van der Waals surface area (Å²) in [6.07, 6.45) is -0.496. The quantitative estimate of drug-likeness (QED) is 0.795. The second-order valence-corrected chi connectivity index (χ2v) is 3.54. The van der Waals surface area contributed by atoms with Crippen LogP contribution in [0.1, 0.15) is 11.1 Å². The van der Waals surface area contributed by atoms with Crippen molar-refractivity contribution >= 4 is 11.8 Å². The first-order chi connectivity index (χ1) is 7.74. The highest BCUT2D eigenvalue weighted by molar-refractivity contribution is 5.87. The van der Waals surface area contributed by atoms with Gasteiger partial charge in [-0.15, -0.1) is 0 Å². The lowest BCUT2D eigenvalue weighted by atomic mass is 10.1. The number of ether oxygens (including phenoxy) is 2. The van der Waals surface area contributed by atoms with Crippen LogP contribution < -0.4 is 15.4 Å². The van der Waals surface area contributed by atoms with Crippen molar-refractivity contribution in [3.63, 3.8) is 0 Å². The van der Waals surface area contributed by atoms with Gasteiger partial charge in [0.1, 0.15) is 5.75 Å². The summed E-state index contributed by atoms with van der Waals surface area (Å²) in [7, 11) is 2.91. The largest absolute Gasteiger partial charge is 0.495 e. The summed E-state index contributed by atoms with van der Waals surface area (Å²) in [4.78, 5) is 11.1. The highest BCUT2D eigenvalue weighted by atomic mass is 16.5. The number of hydrogen-bond donors (Lipinski definition) is 2. The second kappa shape index (κ2) is 4.40. The van der Waals surface area contributed by atoms with Crippen molar-refractivity contribution in [3.05, 3.63) is 23.3 Å². The molecule has 1 heterocycles. The van der Waals surface area contributed by atoms with E-state index in [0.29, 0.717) is 11.4 Å². The lowest BCUT2D eigenvalue weighted by molar-refractivity contribution is 0.187. The molecule has 0 aliphatic carbocycles. The van der Waals surface area contributed by atoms with Crippen molar-refractivity contribution in [2.24, 2.45) is 0 Å². The zero-order valence-electron chi connectivity index (χ0n) is 9.29. The van der Waals surface area contributed by atoms with E-state index in [-0.39, 0.29) is 0 Å². The Morgan fingerprint density at radius 1 is 1.31 bits per heavy atom. The maximum atomic E-state index is 11.1. The van der Waals surface area contributed by atoms with Gasteiger partial charge in [0.25, 0.3) is 0 Å². The van der Waals surface area contributed by atoms with Crippen LogP contribution in [0.25, 0.3) is 0 Å². The molecular weight excluding hydrogens is 208 g/mol. The van der Waals surface area contributed by atoms with Crippen LogP contribution in [0, 0.1) is 0 Å². The molecule has 86 valence electrons. The topological polar surface area (TPSA) is 59.6 Å². The molecule has 0 bridgehead atoms. The van der Waals surface area contributed by atoms with E-state index in [0.717, 1.165) is 13.1 Å². The molecule has 5 heteroatoms. The molecule has 1 aromatic carbocycles. The first-order valence-electron chi connectivity index (χ1n) is 5.00. The lowest BCUT2D eigenvalue weighted by Gasteiger charge is -2.11. The first kappa shape index (κ1) is 10.8. The average Bonchev–Trinajstić information content (AvgIpc) is 2.74. The Balaban J connectivity index is 2.32. The summed E-state index contributed by atoms with van der Waals surface area (Å²) >= 11 is 0. The molecule has 0 saturated heterocycles. The molecular formula is C11H14N2O3. The number of methoxy groups -OCH3 is 2. The van der Waals surface area contributed by atoms with E-state index >= 15 is 0 Å². The maximum Gasteiger partial charge on any atom is 0.411 e. The fourth-order valence-electron chi connectivity index (χ4n) is 1.76. The van der Waals surface area contributed by atoms with Gasteiger partial charge >= 0.3 is 6.09 Å². The van der Waals surface area contributed by atoms with Gasteiger partial charge in [-0.05, 0) is 23.3 Å². The molecule has 0 atom stereocenters. The van der Waals surface area contributed by atoms with Gasteiger partial charge in [-0.2, -0.15) is 0 Å². The normalized spacial score (nSPS) is 13.1. The molecule has 1 aromatic rings. The van der Waals surface area contributed by atoms with Crippen molar-refractivity contribution in [3.8, 4) is 5.75 Å². The summed E-state index contributed by atoms with van der Waals surface area (Å²) in [5, 5.41) is 5.86. The zero-order chi connectivity index (χ0) is 11.5. The molecule has 16 heavy (non-hydrogen) atoms. The molecule has 0 fully saturated rings. The van der Waals surface area contributed by atoms with Gasteiger partial charge in [-0.3, -0.25) is 5.32 Å². The summed E-state index contributed by atoms with van der Waals surface area (Å²) in [5.74, 6) is 0.646. The van der Waals surface area contributed by atoms with E-state index in [1.165, 1.54) is 18.2 Å². The predicted molar refractivity (Wildman–Crippen MR) is 59.6 cm³/mol. The number of carbonyl (C=O) groups is 1. The maximum absolute atomic E-state index is 11.1. The standard InChI is InChI=1S/C11H14N2O3/c1-15-10-4-8-6-12-5-7(8)3-9(10)13-11(14)16-2/h3-4,12H,5-6H2,1-2H3,(H,13,14). The molecule has 0 aromatic heterocycles. The third-order valence-corrected chi connectivity index (χ3v) is 2.57. The van der Waals surface area contributed by atoms with E-state index in [9.17, 15) is 4.79 Å². The van der Waals surface area contributed by atoms with E-state index in [1.807, 2.05) is 12.1 Å². The Morgan fingerprint density at radius 2 is 2.00 bits per heavy atom. The highest BCUT2D eigenvalue weighted by Gasteiger charge is 2.16. The van der Waals surface area contributed by atoms with Crippen molar-refractivity contribution in [1.29, 1.82) is 0 Å². The van der Waals surface area contributed by atoms with E-state index < -0.39 is 6.09 Å². The van der Waals surface area contributed by atoms with Crippen LogP contribution in [-0.2, 0) is 17.8 Å². The molecule has 0 saturated carbocycles. The van der Waals surface area contributed by atoms with Crippen LogP contribution in [0.15, 0.2) is 12.1 Å². The minimum Gasteiger partial charge on any atom is -0.495 e. The molecule has 2 N–H and O–H groups in total. The Morgan fingerprint density at radius 3 is 2.62 bits per heavy atom. The van der Waals surface area contributed by atoms with E-state index in [4.69, 9.17) is 4.74 Å². The Labute approximate surface area is 93.7 Å². The summed E-state index contributed by atoms with van der Waals surface area (Å²) in [6.45, 7) is 1.65. The summed E-state index contributed by atoms with van der Waals surface area (Å²) in [6, 6.07) is 3.84. The van der Waals surface area contributed by atoms with Crippen LogP contribution in [0.3, 0.4) is 0 Å². The van der Waals surface area contributed by atoms with Gasteiger partial charge in [-0.1, -0.05) is 0 Å². The Bertz CT molecular complexity index is 418. The highest BCUT2D eigenvalue weighted by Crippen LogP contribution is 2.30. The molecule has 2 rings (SSSR count). The third kappa shape index (κ3) is 1.94. The molecule has 1 aliphatic heterocycles. The Hall–Kier alpha value is -1.75. The molecule has 0 unspecified atom stereocenters. The number of benzene rings is 1. The minimum absolute atomic E-state index is 0.496. The minimum atomic E-state index is -0.496. The van der Waals surface area contributed by atoms with Crippen LogP contribution in [0.4, 0.5) is 10.5 Å². The van der Waals surface area contributed by atoms with Gasteiger partial charge in [0.2, 0.25) is 0 Å². The predicted octanol–water partition coefficient (Wildman–Crippen LogP) is 1.48. The van der Waals surface area contributed by atoms with Gasteiger partial charge in [0, 0.05) is 13.1 Å². The first-order valence-corrected chi connectivity index (χ1v) is 5.00. The molecule has 1 aliphatic rings. The third-order valence-electron chi connectivity index (χ3n) is 2.57. The monoisotopic (exact) mass is 222 g/mol. The van der Waals surface area contributed by atoms with Crippen molar-refractivity contribution in [2.45, 2.75) is 13.1 Å². The number of rotatable bonds is 2. The van der Waals surface area contributed by atoms with Crippen LogP contribution in [0.2, 0.25) is 0 Å². The average molecular weight is 222 g/mol. The molecule has 0 radical (unpaired) electrons. The van der Waals surface area contributed by atoms with Gasteiger partial charge in [0.05, 0.1) is 19.9 Å². The van der Waals surface area contributed by atoms with Gasteiger partial charge in [0.15, 0.2) is 0 Å². The second-order valence-electron chi connectivity index (χ2n) is 3.54. The fourth-order valence-corrected chi connectivity index (χ4v) is 1.76. The number of amides is 1. The van der Waals surface area contributed by atoms with Gasteiger partial charge in [-0.25, -0.2) is 4.79 Å². The van der Waals surface area contributed by atoms with Crippen molar-refractivity contribution in [1.82, 2.24) is 5.32 Å². The van der Waals surface area contributed by atoms with Crippen molar-refractivity contribution in [2.75, 3.05) is 19.5 Å². The summed E-state index contributed by atoms with van der Waals surface area (Å²) < 4.78 is 9.77.